The fourth-order valence-electron chi connectivity index (χ4n) is 2.05. The topological polar surface area (TPSA) is 59.1 Å². The number of hydrogen-bond acceptors (Lipinski definition) is 3. The molecular weight excluding hydrogens is 212 g/mol. The monoisotopic (exact) mass is 230 g/mol. The van der Waals surface area contributed by atoms with Gasteiger partial charge in [-0.2, -0.15) is 0 Å². The summed E-state index contributed by atoms with van der Waals surface area (Å²) in [6, 6.07) is 9.51. The maximum atomic E-state index is 10.5. The lowest BCUT2D eigenvalue weighted by molar-refractivity contribution is 0.0244. The van der Waals surface area contributed by atoms with Crippen molar-refractivity contribution in [1.82, 2.24) is 4.98 Å². The molecule has 0 aliphatic carbocycles. The SMILES string of the molecule is CCC(O)(CC)c1cc(N)c2ccccc2n1. The van der Waals surface area contributed by atoms with E-state index in [1.165, 1.54) is 0 Å². The lowest BCUT2D eigenvalue weighted by Crippen LogP contribution is -2.25. The van der Waals surface area contributed by atoms with E-state index in [-0.39, 0.29) is 0 Å². The minimum Gasteiger partial charge on any atom is -0.398 e. The van der Waals surface area contributed by atoms with Gasteiger partial charge in [0.05, 0.1) is 11.2 Å². The standard InChI is InChI=1S/C14H18N2O/c1-3-14(17,4-2)13-9-11(15)10-7-5-6-8-12(10)16-13/h5-9,17H,3-4H2,1-2H3,(H2,15,16). The lowest BCUT2D eigenvalue weighted by Gasteiger charge is -2.25. The Morgan fingerprint density at radius 2 is 1.88 bits per heavy atom. The smallest absolute Gasteiger partial charge is 0.106 e. The van der Waals surface area contributed by atoms with Crippen molar-refractivity contribution in [1.29, 1.82) is 0 Å². The van der Waals surface area contributed by atoms with E-state index in [4.69, 9.17) is 5.73 Å². The summed E-state index contributed by atoms with van der Waals surface area (Å²) in [5, 5.41) is 11.4. The minimum absolute atomic E-state index is 0.633. The summed E-state index contributed by atoms with van der Waals surface area (Å²) in [7, 11) is 0. The first-order valence-electron chi connectivity index (χ1n) is 5.99. The van der Waals surface area contributed by atoms with Crippen LogP contribution in [0.4, 0.5) is 5.69 Å². The molecule has 0 amide bonds. The number of hydrogen-bond donors (Lipinski definition) is 2. The lowest BCUT2D eigenvalue weighted by atomic mass is 9.92. The highest BCUT2D eigenvalue weighted by Gasteiger charge is 2.27. The number of nitrogens with zero attached hydrogens (tertiary/aromatic N) is 1. The summed E-state index contributed by atoms with van der Waals surface area (Å²) in [4.78, 5) is 4.52. The van der Waals surface area contributed by atoms with Crippen LogP contribution in [0.25, 0.3) is 10.9 Å². The van der Waals surface area contributed by atoms with Crippen LogP contribution in [0.1, 0.15) is 32.4 Å². The van der Waals surface area contributed by atoms with Crippen molar-refractivity contribution in [3.05, 3.63) is 36.0 Å². The molecule has 0 spiro atoms. The van der Waals surface area contributed by atoms with Gasteiger partial charge in [0.25, 0.3) is 0 Å². The summed E-state index contributed by atoms with van der Waals surface area (Å²) in [6.45, 7) is 3.91. The largest absolute Gasteiger partial charge is 0.398 e. The van der Waals surface area contributed by atoms with Gasteiger partial charge in [-0.1, -0.05) is 32.0 Å². The van der Waals surface area contributed by atoms with Crippen molar-refractivity contribution < 1.29 is 5.11 Å². The Bertz CT molecular complexity index is 533. The highest BCUT2D eigenvalue weighted by Crippen LogP contribution is 2.31. The Kier molecular flexibility index (Phi) is 3.03. The van der Waals surface area contributed by atoms with Crippen molar-refractivity contribution >= 4 is 16.6 Å². The molecular formula is C14H18N2O. The molecule has 0 aliphatic heterocycles. The van der Waals surface area contributed by atoms with Crippen LogP contribution in [0.2, 0.25) is 0 Å². The fraction of sp³-hybridized carbons (Fsp3) is 0.357. The van der Waals surface area contributed by atoms with Crippen molar-refractivity contribution in [3.63, 3.8) is 0 Å². The average molecular weight is 230 g/mol. The van der Waals surface area contributed by atoms with Gasteiger partial charge in [0.2, 0.25) is 0 Å². The van der Waals surface area contributed by atoms with Gasteiger partial charge in [0.1, 0.15) is 5.60 Å². The molecule has 2 rings (SSSR count). The molecule has 1 aromatic heterocycles. The van der Waals surface area contributed by atoms with Gasteiger partial charge < -0.3 is 10.8 Å². The molecule has 90 valence electrons. The molecule has 0 radical (unpaired) electrons. The number of nitrogens with two attached hydrogens (primary N) is 1. The van der Waals surface area contributed by atoms with Crippen LogP contribution in [0.3, 0.4) is 0 Å². The van der Waals surface area contributed by atoms with E-state index >= 15 is 0 Å². The van der Waals surface area contributed by atoms with Gasteiger partial charge in [0, 0.05) is 11.1 Å². The van der Waals surface area contributed by atoms with Gasteiger partial charge >= 0.3 is 0 Å². The predicted molar refractivity (Wildman–Crippen MR) is 70.6 cm³/mol. The number of benzene rings is 1. The average Bonchev–Trinajstić information content (AvgIpc) is 2.38. The first kappa shape index (κ1) is 11.9. The Labute approximate surface area is 101 Å². The van der Waals surface area contributed by atoms with Crippen molar-refractivity contribution in [2.75, 3.05) is 5.73 Å². The molecule has 0 saturated heterocycles. The third-order valence-corrected chi connectivity index (χ3v) is 3.39. The van der Waals surface area contributed by atoms with E-state index in [1.807, 2.05) is 38.1 Å². The Morgan fingerprint density at radius 1 is 1.24 bits per heavy atom. The summed E-state index contributed by atoms with van der Waals surface area (Å²) >= 11 is 0. The van der Waals surface area contributed by atoms with E-state index in [2.05, 4.69) is 4.98 Å². The first-order valence-corrected chi connectivity index (χ1v) is 5.99. The number of aromatic nitrogens is 1. The molecule has 0 atom stereocenters. The highest BCUT2D eigenvalue weighted by atomic mass is 16.3. The second-order valence-corrected chi connectivity index (χ2v) is 4.35. The molecule has 1 aromatic carbocycles. The number of anilines is 1. The van der Waals surface area contributed by atoms with Crippen LogP contribution in [0.15, 0.2) is 30.3 Å². The van der Waals surface area contributed by atoms with Crippen molar-refractivity contribution in [3.8, 4) is 0 Å². The van der Waals surface area contributed by atoms with Crippen molar-refractivity contribution in [2.24, 2.45) is 0 Å². The number of para-hydroxylation sites is 1. The summed E-state index contributed by atoms with van der Waals surface area (Å²) in [5.74, 6) is 0. The molecule has 3 nitrogen and oxygen atoms in total. The second kappa shape index (κ2) is 4.34. The molecule has 0 aliphatic rings. The van der Waals surface area contributed by atoms with Crippen LogP contribution < -0.4 is 5.73 Å². The number of rotatable bonds is 3. The highest BCUT2D eigenvalue weighted by molar-refractivity contribution is 5.90. The molecule has 0 saturated carbocycles. The van der Waals surface area contributed by atoms with E-state index in [0.717, 1.165) is 10.9 Å². The Hall–Kier alpha value is -1.61. The molecule has 0 bridgehead atoms. The number of fused-ring (bicyclic) bond motifs is 1. The maximum Gasteiger partial charge on any atom is 0.106 e. The quantitative estimate of drug-likeness (QED) is 0.852. The zero-order valence-electron chi connectivity index (χ0n) is 10.3. The first-order chi connectivity index (χ1) is 8.10. The van der Waals surface area contributed by atoms with E-state index < -0.39 is 5.60 Å². The van der Waals surface area contributed by atoms with Crippen LogP contribution in [-0.4, -0.2) is 10.1 Å². The second-order valence-electron chi connectivity index (χ2n) is 4.35. The number of aliphatic hydroxyl groups is 1. The van der Waals surface area contributed by atoms with Gasteiger partial charge in [-0.3, -0.25) is 0 Å². The van der Waals surface area contributed by atoms with Gasteiger partial charge in [-0.25, -0.2) is 4.98 Å². The van der Waals surface area contributed by atoms with Crippen LogP contribution in [0.5, 0.6) is 0 Å². The predicted octanol–water partition coefficient (Wildman–Crippen LogP) is 2.82. The molecule has 17 heavy (non-hydrogen) atoms. The van der Waals surface area contributed by atoms with E-state index in [1.54, 1.807) is 6.07 Å². The molecule has 3 heteroatoms. The Balaban J connectivity index is 2.65. The van der Waals surface area contributed by atoms with Crippen LogP contribution in [-0.2, 0) is 5.60 Å². The zero-order valence-corrected chi connectivity index (χ0v) is 10.3. The summed E-state index contributed by atoms with van der Waals surface area (Å²) in [5.41, 5.74) is 7.31. The number of nitrogen functional groups attached to an aromatic ring is 1. The van der Waals surface area contributed by atoms with E-state index in [0.29, 0.717) is 24.2 Å². The van der Waals surface area contributed by atoms with Gasteiger partial charge in [-0.05, 0) is 25.0 Å². The molecule has 2 aromatic rings. The minimum atomic E-state index is -0.877. The maximum absolute atomic E-state index is 10.5. The van der Waals surface area contributed by atoms with Gasteiger partial charge in [-0.15, -0.1) is 0 Å². The summed E-state index contributed by atoms with van der Waals surface area (Å²) < 4.78 is 0. The third kappa shape index (κ3) is 1.98. The summed E-state index contributed by atoms with van der Waals surface area (Å²) in [6.07, 6.45) is 1.27. The van der Waals surface area contributed by atoms with Crippen LogP contribution in [0, 0.1) is 0 Å². The number of pyridine rings is 1. The zero-order chi connectivity index (χ0) is 12.5. The van der Waals surface area contributed by atoms with E-state index in [9.17, 15) is 5.11 Å². The van der Waals surface area contributed by atoms with Gasteiger partial charge in [0.15, 0.2) is 0 Å². The molecule has 0 fully saturated rings. The normalized spacial score (nSPS) is 11.9. The molecule has 0 unspecified atom stereocenters. The Morgan fingerprint density at radius 3 is 2.53 bits per heavy atom. The molecule has 3 N–H and O–H groups in total. The molecule has 1 heterocycles. The fourth-order valence-corrected chi connectivity index (χ4v) is 2.05. The van der Waals surface area contributed by atoms with Crippen LogP contribution >= 0.6 is 0 Å². The third-order valence-electron chi connectivity index (χ3n) is 3.39. The van der Waals surface area contributed by atoms with Crippen molar-refractivity contribution in [2.45, 2.75) is 32.3 Å².